The Balaban J connectivity index is 1.86. The molecule has 0 radical (unpaired) electrons. The molecule has 9 heteroatoms. The molecule has 0 fully saturated rings. The predicted molar refractivity (Wildman–Crippen MR) is 166 cm³/mol. The summed E-state index contributed by atoms with van der Waals surface area (Å²) >= 11 is 6.25. The van der Waals surface area contributed by atoms with Crippen LogP contribution in [0.4, 0.5) is 5.69 Å². The molecule has 0 aliphatic carbocycles. The molecule has 3 aromatic rings. The minimum atomic E-state index is -3.56. The summed E-state index contributed by atoms with van der Waals surface area (Å²) in [6.45, 7) is 4.86. The Morgan fingerprint density at radius 3 is 2.24 bits per heavy atom. The lowest BCUT2D eigenvalue weighted by atomic mass is 10.0. The number of benzene rings is 3. The minimum Gasteiger partial charge on any atom is -0.354 e. The van der Waals surface area contributed by atoms with Crippen LogP contribution in [-0.4, -0.2) is 50.5 Å². The van der Waals surface area contributed by atoms with Gasteiger partial charge in [0.1, 0.15) is 6.04 Å². The number of hydrogen-bond donors (Lipinski definition) is 1. The summed E-state index contributed by atoms with van der Waals surface area (Å²) in [5.41, 5.74) is 3.33. The van der Waals surface area contributed by atoms with Gasteiger partial charge < -0.3 is 10.2 Å². The molecule has 0 saturated carbocycles. The van der Waals surface area contributed by atoms with Crippen LogP contribution in [0, 0.1) is 6.92 Å². The summed E-state index contributed by atoms with van der Waals surface area (Å²) in [5.74, 6) is -0.441. The van der Waals surface area contributed by atoms with E-state index in [4.69, 9.17) is 11.6 Å². The minimum absolute atomic E-state index is 0.0754. The van der Waals surface area contributed by atoms with E-state index >= 15 is 0 Å². The fraction of sp³-hybridized carbons (Fsp3) is 0.375. The van der Waals surface area contributed by atoms with Crippen LogP contribution in [0.25, 0.3) is 0 Å². The van der Waals surface area contributed by atoms with Crippen LogP contribution in [0.3, 0.4) is 0 Å². The number of anilines is 1. The van der Waals surface area contributed by atoms with E-state index < -0.39 is 16.1 Å². The number of carbonyl (C=O) groups is 2. The lowest BCUT2D eigenvalue weighted by Crippen LogP contribution is -2.50. The first kappa shape index (κ1) is 32.2. The Hall–Kier alpha value is -3.36. The Morgan fingerprint density at radius 2 is 1.61 bits per heavy atom. The fourth-order valence-corrected chi connectivity index (χ4v) is 5.79. The number of aryl methyl sites for hydroxylation is 1. The van der Waals surface area contributed by atoms with Crippen LogP contribution in [0.15, 0.2) is 78.9 Å². The summed E-state index contributed by atoms with van der Waals surface area (Å²) < 4.78 is 26.5. The number of halogens is 1. The van der Waals surface area contributed by atoms with Gasteiger partial charge in [-0.25, -0.2) is 8.42 Å². The normalized spacial score (nSPS) is 12.0. The highest BCUT2D eigenvalue weighted by molar-refractivity contribution is 7.92. The van der Waals surface area contributed by atoms with E-state index in [-0.39, 0.29) is 31.3 Å². The molecule has 3 rings (SSSR count). The van der Waals surface area contributed by atoms with Crippen molar-refractivity contribution in [1.29, 1.82) is 0 Å². The topological polar surface area (TPSA) is 86.8 Å². The Bertz CT molecular complexity index is 1380. The second-order valence-electron chi connectivity index (χ2n) is 10.3. The highest BCUT2D eigenvalue weighted by Gasteiger charge is 2.30. The predicted octanol–water partition coefficient (Wildman–Crippen LogP) is 5.75. The third kappa shape index (κ3) is 10.2. The molecule has 220 valence electrons. The molecule has 0 heterocycles. The summed E-state index contributed by atoms with van der Waals surface area (Å²) in [5, 5.41) is 3.56. The molecule has 0 spiro atoms. The standard InChI is InChI=1S/C32H40ClN3O4S/c1-4-5-20-34-32(38)30(23-26-11-7-6-8-12-26)35(24-27-13-9-14-28(33)22-27)31(37)15-10-21-36(41(3,39)40)29-18-16-25(2)17-19-29/h6-9,11-14,16-19,22,30H,4-5,10,15,20-21,23-24H2,1-3H3,(H,34,38)/t30-/m0/s1. The first-order valence-corrected chi connectivity index (χ1v) is 16.2. The van der Waals surface area contributed by atoms with E-state index in [1.54, 1.807) is 29.2 Å². The molecule has 2 amide bonds. The van der Waals surface area contributed by atoms with Crippen molar-refractivity contribution in [3.8, 4) is 0 Å². The zero-order valence-corrected chi connectivity index (χ0v) is 25.6. The van der Waals surface area contributed by atoms with E-state index in [1.807, 2.05) is 61.5 Å². The van der Waals surface area contributed by atoms with Crippen molar-refractivity contribution >= 4 is 39.1 Å². The van der Waals surface area contributed by atoms with Crippen molar-refractivity contribution in [2.75, 3.05) is 23.7 Å². The molecule has 0 aliphatic heterocycles. The molecular weight excluding hydrogens is 558 g/mol. The molecule has 0 unspecified atom stereocenters. The second kappa shape index (κ2) is 15.6. The van der Waals surface area contributed by atoms with Crippen molar-refractivity contribution in [1.82, 2.24) is 10.2 Å². The van der Waals surface area contributed by atoms with Gasteiger partial charge in [0.2, 0.25) is 21.8 Å². The first-order chi connectivity index (χ1) is 19.6. The van der Waals surface area contributed by atoms with Crippen LogP contribution in [-0.2, 0) is 32.6 Å². The Kier molecular flexibility index (Phi) is 12.2. The highest BCUT2D eigenvalue weighted by atomic mass is 35.5. The number of carbonyl (C=O) groups excluding carboxylic acids is 2. The monoisotopic (exact) mass is 597 g/mol. The second-order valence-corrected chi connectivity index (χ2v) is 12.6. The van der Waals surface area contributed by atoms with Crippen LogP contribution in [0.2, 0.25) is 5.02 Å². The van der Waals surface area contributed by atoms with Crippen molar-refractivity contribution < 1.29 is 18.0 Å². The number of nitrogens with one attached hydrogen (secondary N) is 1. The summed E-state index contributed by atoms with van der Waals surface area (Å²) in [6.07, 6.45) is 3.66. The van der Waals surface area contributed by atoms with Crippen molar-refractivity contribution in [2.24, 2.45) is 0 Å². The maximum Gasteiger partial charge on any atom is 0.243 e. The fourth-order valence-electron chi connectivity index (χ4n) is 4.61. The van der Waals surface area contributed by atoms with Crippen LogP contribution < -0.4 is 9.62 Å². The number of amides is 2. The van der Waals surface area contributed by atoms with Crippen molar-refractivity contribution in [3.63, 3.8) is 0 Å². The van der Waals surface area contributed by atoms with Gasteiger partial charge in [-0.1, -0.05) is 85.1 Å². The summed E-state index contributed by atoms with van der Waals surface area (Å²) in [7, 11) is -3.56. The van der Waals surface area contributed by atoms with E-state index in [0.717, 1.165) is 35.8 Å². The molecule has 0 aromatic heterocycles. The lowest BCUT2D eigenvalue weighted by Gasteiger charge is -2.32. The third-order valence-electron chi connectivity index (χ3n) is 6.82. The van der Waals surface area contributed by atoms with E-state index in [2.05, 4.69) is 12.2 Å². The average Bonchev–Trinajstić information content (AvgIpc) is 2.93. The van der Waals surface area contributed by atoms with E-state index in [1.165, 1.54) is 4.31 Å². The van der Waals surface area contributed by atoms with Crippen molar-refractivity contribution in [3.05, 3.63) is 101 Å². The summed E-state index contributed by atoms with van der Waals surface area (Å²) in [6, 6.07) is 23.4. The van der Waals surface area contributed by atoms with Crippen molar-refractivity contribution in [2.45, 2.75) is 58.5 Å². The van der Waals surface area contributed by atoms with Crippen LogP contribution in [0.5, 0.6) is 0 Å². The van der Waals surface area contributed by atoms with E-state index in [9.17, 15) is 18.0 Å². The van der Waals surface area contributed by atoms with Gasteiger partial charge in [0.15, 0.2) is 0 Å². The molecule has 41 heavy (non-hydrogen) atoms. The van der Waals surface area contributed by atoms with Crippen LogP contribution >= 0.6 is 11.6 Å². The quantitative estimate of drug-likeness (QED) is 0.226. The van der Waals surface area contributed by atoms with Gasteiger partial charge >= 0.3 is 0 Å². The highest BCUT2D eigenvalue weighted by Crippen LogP contribution is 2.21. The maximum absolute atomic E-state index is 13.9. The zero-order chi connectivity index (χ0) is 29.8. The summed E-state index contributed by atoms with van der Waals surface area (Å²) in [4.78, 5) is 29.0. The Morgan fingerprint density at radius 1 is 0.927 bits per heavy atom. The van der Waals surface area contributed by atoms with Crippen LogP contribution in [0.1, 0.15) is 49.3 Å². The Labute approximate surface area is 249 Å². The largest absolute Gasteiger partial charge is 0.354 e. The number of sulfonamides is 1. The van der Waals surface area contributed by atoms with Gasteiger partial charge in [0, 0.05) is 37.5 Å². The van der Waals surface area contributed by atoms with Gasteiger partial charge in [-0.15, -0.1) is 0 Å². The molecule has 0 saturated heterocycles. The van der Waals surface area contributed by atoms with E-state index in [0.29, 0.717) is 30.1 Å². The molecular formula is C32H40ClN3O4S. The average molecular weight is 598 g/mol. The smallest absolute Gasteiger partial charge is 0.243 e. The van der Waals surface area contributed by atoms with Gasteiger partial charge in [0.05, 0.1) is 11.9 Å². The van der Waals surface area contributed by atoms with Gasteiger partial charge in [-0.05, 0) is 55.2 Å². The molecule has 3 aromatic carbocycles. The lowest BCUT2D eigenvalue weighted by molar-refractivity contribution is -0.141. The molecule has 1 atom stereocenters. The number of unbranched alkanes of at least 4 members (excludes halogenated alkanes) is 1. The SMILES string of the molecule is CCCCNC(=O)[C@H](Cc1ccccc1)N(Cc1cccc(Cl)c1)C(=O)CCCN(c1ccc(C)cc1)S(C)(=O)=O. The maximum atomic E-state index is 13.9. The number of nitrogens with zero attached hydrogens (tertiary/aromatic N) is 2. The first-order valence-electron chi connectivity index (χ1n) is 14.0. The zero-order valence-electron chi connectivity index (χ0n) is 24.1. The molecule has 0 aliphatic rings. The molecule has 1 N–H and O–H groups in total. The van der Waals surface area contributed by atoms with Gasteiger partial charge in [-0.3, -0.25) is 13.9 Å². The van der Waals surface area contributed by atoms with Gasteiger partial charge in [-0.2, -0.15) is 0 Å². The molecule has 7 nitrogen and oxygen atoms in total. The number of hydrogen-bond acceptors (Lipinski definition) is 4. The van der Waals surface area contributed by atoms with Gasteiger partial charge in [0.25, 0.3) is 0 Å². The third-order valence-corrected chi connectivity index (χ3v) is 8.25. The number of rotatable bonds is 15. The molecule has 0 bridgehead atoms.